The van der Waals surface area contributed by atoms with Gasteiger partial charge in [0.15, 0.2) is 0 Å². The molecule has 0 aromatic heterocycles. The molecule has 0 atom stereocenters. The van der Waals surface area contributed by atoms with Crippen LogP contribution >= 0.6 is 27.5 Å². The number of hydrogen-bond acceptors (Lipinski definition) is 2. The molecular formula is C15H13BrClNO2. The molecule has 0 spiro atoms. The van der Waals surface area contributed by atoms with Gasteiger partial charge in [-0.2, -0.15) is 0 Å². The standard InChI is InChI=1S/C15H13BrClNO2/c1-9-4-3-5-13(20-2)14(9)18-15(19)10-6-7-12(17)11(16)8-10/h3-8H,1-2H3,(H,18,19). The minimum Gasteiger partial charge on any atom is -0.495 e. The van der Waals surface area contributed by atoms with Crippen molar-refractivity contribution in [1.29, 1.82) is 0 Å². The van der Waals surface area contributed by atoms with E-state index in [0.29, 0.717) is 26.5 Å². The quantitative estimate of drug-likeness (QED) is 0.869. The lowest BCUT2D eigenvalue weighted by Gasteiger charge is -2.13. The van der Waals surface area contributed by atoms with Gasteiger partial charge in [-0.1, -0.05) is 23.7 Å². The van der Waals surface area contributed by atoms with Crippen molar-refractivity contribution in [2.24, 2.45) is 0 Å². The van der Waals surface area contributed by atoms with E-state index in [1.807, 2.05) is 19.1 Å². The highest BCUT2D eigenvalue weighted by Crippen LogP contribution is 2.29. The molecule has 3 nitrogen and oxygen atoms in total. The molecule has 0 unspecified atom stereocenters. The Kier molecular flexibility index (Phi) is 4.68. The van der Waals surface area contributed by atoms with Crippen LogP contribution in [0.25, 0.3) is 0 Å². The zero-order valence-corrected chi connectivity index (χ0v) is 13.4. The number of carbonyl (C=O) groups excluding carboxylic acids is 1. The number of aryl methyl sites for hydroxylation is 1. The van der Waals surface area contributed by atoms with Gasteiger partial charge < -0.3 is 10.1 Å². The Bertz CT molecular complexity index is 658. The summed E-state index contributed by atoms with van der Waals surface area (Å²) in [6.45, 7) is 1.91. The van der Waals surface area contributed by atoms with E-state index in [2.05, 4.69) is 21.2 Å². The molecule has 0 fully saturated rings. The third-order valence-electron chi connectivity index (χ3n) is 2.87. The lowest BCUT2D eigenvalue weighted by atomic mass is 10.1. The van der Waals surface area contributed by atoms with E-state index < -0.39 is 0 Å². The number of methoxy groups -OCH3 is 1. The van der Waals surface area contributed by atoms with Crippen LogP contribution in [0.3, 0.4) is 0 Å². The minimum atomic E-state index is -0.213. The topological polar surface area (TPSA) is 38.3 Å². The number of ether oxygens (including phenoxy) is 1. The van der Waals surface area contributed by atoms with Gasteiger partial charge in [-0.3, -0.25) is 4.79 Å². The van der Waals surface area contributed by atoms with Crippen molar-refractivity contribution in [3.8, 4) is 5.75 Å². The van der Waals surface area contributed by atoms with Crippen molar-refractivity contribution < 1.29 is 9.53 Å². The van der Waals surface area contributed by atoms with Crippen molar-refractivity contribution in [1.82, 2.24) is 0 Å². The summed E-state index contributed by atoms with van der Waals surface area (Å²) < 4.78 is 5.94. The second-order valence-corrected chi connectivity index (χ2v) is 5.50. The number of para-hydroxylation sites is 1. The molecule has 2 aromatic carbocycles. The van der Waals surface area contributed by atoms with Crippen LogP contribution < -0.4 is 10.1 Å². The number of carbonyl (C=O) groups is 1. The second-order valence-electron chi connectivity index (χ2n) is 4.24. The molecule has 2 aromatic rings. The van der Waals surface area contributed by atoms with Crippen LogP contribution in [0.15, 0.2) is 40.9 Å². The first-order chi connectivity index (χ1) is 9.52. The first-order valence-electron chi connectivity index (χ1n) is 5.93. The summed E-state index contributed by atoms with van der Waals surface area (Å²) in [6.07, 6.45) is 0. The Morgan fingerprint density at radius 3 is 2.70 bits per heavy atom. The lowest BCUT2D eigenvalue weighted by Crippen LogP contribution is -2.13. The van der Waals surface area contributed by atoms with Gasteiger partial charge in [0.1, 0.15) is 5.75 Å². The number of anilines is 1. The summed E-state index contributed by atoms with van der Waals surface area (Å²) in [6, 6.07) is 10.6. The first-order valence-corrected chi connectivity index (χ1v) is 7.10. The number of rotatable bonds is 3. The summed E-state index contributed by atoms with van der Waals surface area (Å²) in [4.78, 5) is 12.3. The molecule has 20 heavy (non-hydrogen) atoms. The summed E-state index contributed by atoms with van der Waals surface area (Å²) in [7, 11) is 1.57. The monoisotopic (exact) mass is 353 g/mol. The Balaban J connectivity index is 2.30. The van der Waals surface area contributed by atoms with E-state index in [0.717, 1.165) is 5.56 Å². The van der Waals surface area contributed by atoms with Gasteiger partial charge in [0.2, 0.25) is 0 Å². The maximum absolute atomic E-state index is 12.3. The molecule has 104 valence electrons. The average Bonchev–Trinajstić information content (AvgIpc) is 2.44. The molecule has 0 aliphatic carbocycles. The smallest absolute Gasteiger partial charge is 0.255 e. The van der Waals surface area contributed by atoms with Gasteiger partial charge in [0, 0.05) is 10.0 Å². The van der Waals surface area contributed by atoms with Crippen molar-refractivity contribution in [2.75, 3.05) is 12.4 Å². The molecule has 0 heterocycles. The number of halogens is 2. The summed E-state index contributed by atoms with van der Waals surface area (Å²) >= 11 is 9.23. The number of nitrogens with one attached hydrogen (secondary N) is 1. The zero-order chi connectivity index (χ0) is 14.7. The fourth-order valence-electron chi connectivity index (χ4n) is 1.79. The summed E-state index contributed by atoms with van der Waals surface area (Å²) in [5.41, 5.74) is 2.13. The summed E-state index contributed by atoms with van der Waals surface area (Å²) in [5, 5.41) is 3.43. The number of amides is 1. The Labute approximate surface area is 131 Å². The number of hydrogen-bond donors (Lipinski definition) is 1. The van der Waals surface area contributed by atoms with E-state index in [-0.39, 0.29) is 5.91 Å². The summed E-state index contributed by atoms with van der Waals surface area (Å²) in [5.74, 6) is 0.418. The van der Waals surface area contributed by atoms with Gasteiger partial charge in [-0.15, -0.1) is 0 Å². The molecule has 0 saturated heterocycles. The van der Waals surface area contributed by atoms with Crippen molar-refractivity contribution in [3.05, 3.63) is 57.0 Å². The van der Waals surface area contributed by atoms with Gasteiger partial charge in [-0.25, -0.2) is 0 Å². The third-order valence-corrected chi connectivity index (χ3v) is 4.09. The fourth-order valence-corrected chi connectivity index (χ4v) is 2.29. The minimum absolute atomic E-state index is 0.213. The van der Waals surface area contributed by atoms with Gasteiger partial charge in [0.05, 0.1) is 17.8 Å². The molecule has 0 radical (unpaired) electrons. The molecule has 0 bridgehead atoms. The van der Waals surface area contributed by atoms with Crippen LogP contribution in [0, 0.1) is 6.92 Å². The predicted molar refractivity (Wildman–Crippen MR) is 84.8 cm³/mol. The van der Waals surface area contributed by atoms with Gasteiger partial charge in [0.25, 0.3) is 5.91 Å². The van der Waals surface area contributed by atoms with Crippen molar-refractivity contribution in [2.45, 2.75) is 6.92 Å². The maximum Gasteiger partial charge on any atom is 0.255 e. The first kappa shape index (κ1) is 14.9. The highest BCUT2D eigenvalue weighted by Gasteiger charge is 2.12. The highest BCUT2D eigenvalue weighted by molar-refractivity contribution is 9.10. The maximum atomic E-state index is 12.3. The van der Waals surface area contributed by atoms with Crippen molar-refractivity contribution >= 4 is 39.1 Å². The van der Waals surface area contributed by atoms with Gasteiger partial charge >= 0.3 is 0 Å². The molecule has 0 aliphatic rings. The molecule has 5 heteroatoms. The van der Waals surface area contributed by atoms with Crippen LogP contribution in [0.5, 0.6) is 5.75 Å². The molecule has 0 aliphatic heterocycles. The molecule has 2 rings (SSSR count). The van der Waals surface area contributed by atoms with Crippen LogP contribution in [0.1, 0.15) is 15.9 Å². The van der Waals surface area contributed by atoms with E-state index in [4.69, 9.17) is 16.3 Å². The van der Waals surface area contributed by atoms with Crippen LogP contribution in [-0.2, 0) is 0 Å². The highest BCUT2D eigenvalue weighted by atomic mass is 79.9. The molecule has 1 N–H and O–H groups in total. The van der Waals surface area contributed by atoms with Crippen molar-refractivity contribution in [3.63, 3.8) is 0 Å². The largest absolute Gasteiger partial charge is 0.495 e. The Morgan fingerprint density at radius 1 is 1.30 bits per heavy atom. The molecule has 0 saturated carbocycles. The SMILES string of the molecule is COc1cccc(C)c1NC(=O)c1ccc(Cl)c(Br)c1. The van der Waals surface area contributed by atoms with E-state index >= 15 is 0 Å². The second kappa shape index (κ2) is 6.29. The van der Waals surface area contributed by atoms with E-state index in [9.17, 15) is 4.79 Å². The Morgan fingerprint density at radius 2 is 2.05 bits per heavy atom. The van der Waals surface area contributed by atoms with Gasteiger partial charge in [-0.05, 0) is 52.7 Å². The van der Waals surface area contributed by atoms with E-state index in [1.54, 1.807) is 31.4 Å². The third kappa shape index (κ3) is 3.14. The average molecular weight is 355 g/mol. The number of benzene rings is 2. The van der Waals surface area contributed by atoms with E-state index in [1.165, 1.54) is 0 Å². The normalized spacial score (nSPS) is 10.2. The molecular weight excluding hydrogens is 342 g/mol. The molecule has 1 amide bonds. The Hall–Kier alpha value is -1.52. The lowest BCUT2D eigenvalue weighted by molar-refractivity contribution is 0.102. The van der Waals surface area contributed by atoms with Crippen LogP contribution in [0.4, 0.5) is 5.69 Å². The fraction of sp³-hybridized carbons (Fsp3) is 0.133. The zero-order valence-electron chi connectivity index (χ0n) is 11.0. The van der Waals surface area contributed by atoms with Crippen LogP contribution in [-0.4, -0.2) is 13.0 Å². The van der Waals surface area contributed by atoms with Crippen LogP contribution in [0.2, 0.25) is 5.02 Å². The predicted octanol–water partition coefficient (Wildman–Crippen LogP) is 4.67.